The lowest BCUT2D eigenvalue weighted by molar-refractivity contribution is 0.443. The summed E-state index contributed by atoms with van der Waals surface area (Å²) in [4.78, 5) is 0. The Balaban J connectivity index is 2.06. The van der Waals surface area contributed by atoms with Crippen molar-refractivity contribution in [3.63, 3.8) is 0 Å². The zero-order valence-electron chi connectivity index (χ0n) is 11.0. The fourth-order valence-corrected chi connectivity index (χ4v) is 3.01. The van der Waals surface area contributed by atoms with Crippen LogP contribution in [0.3, 0.4) is 0 Å². The minimum atomic E-state index is 0.537. The summed E-state index contributed by atoms with van der Waals surface area (Å²) in [5.74, 6) is 1.35. The molecule has 1 aromatic carbocycles. The van der Waals surface area contributed by atoms with Crippen molar-refractivity contribution in [2.45, 2.75) is 57.3 Å². The highest BCUT2D eigenvalue weighted by Gasteiger charge is 2.15. The Morgan fingerprint density at radius 1 is 1.12 bits per heavy atom. The maximum absolute atomic E-state index is 5.80. The molecule has 0 spiro atoms. The van der Waals surface area contributed by atoms with E-state index >= 15 is 0 Å². The topological polar surface area (TPSA) is 26.0 Å². The van der Waals surface area contributed by atoms with E-state index in [1.54, 1.807) is 5.56 Å². The van der Waals surface area contributed by atoms with Gasteiger partial charge >= 0.3 is 0 Å². The third kappa shape index (κ3) is 3.10. The Morgan fingerprint density at radius 3 is 2.29 bits per heavy atom. The van der Waals surface area contributed by atoms with Crippen LogP contribution < -0.4 is 5.73 Å². The average molecular weight is 231 g/mol. The van der Waals surface area contributed by atoms with Gasteiger partial charge in [0.25, 0.3) is 0 Å². The van der Waals surface area contributed by atoms with Crippen molar-refractivity contribution < 1.29 is 0 Å². The quantitative estimate of drug-likeness (QED) is 0.826. The van der Waals surface area contributed by atoms with Crippen LogP contribution in [-0.4, -0.2) is 6.54 Å². The standard InChI is InChI=1S/C16H25N/c1-2-13(12-17)15-8-10-16(11-9-15)14-6-4-3-5-7-14/h8-11,13-14H,2-7,12,17H2,1H3. The van der Waals surface area contributed by atoms with E-state index in [2.05, 4.69) is 31.2 Å². The lowest BCUT2D eigenvalue weighted by atomic mass is 9.83. The van der Waals surface area contributed by atoms with Gasteiger partial charge in [-0.2, -0.15) is 0 Å². The largest absolute Gasteiger partial charge is 0.330 e. The Hall–Kier alpha value is -0.820. The molecule has 0 heterocycles. The maximum atomic E-state index is 5.80. The van der Waals surface area contributed by atoms with Gasteiger partial charge in [0, 0.05) is 0 Å². The van der Waals surface area contributed by atoms with Gasteiger partial charge in [0.2, 0.25) is 0 Å². The van der Waals surface area contributed by atoms with E-state index in [-0.39, 0.29) is 0 Å². The second kappa shape index (κ2) is 6.20. The molecule has 1 aromatic rings. The predicted octanol–water partition coefficient (Wildman–Crippen LogP) is 4.19. The highest BCUT2D eigenvalue weighted by molar-refractivity contribution is 5.28. The molecule has 0 amide bonds. The highest BCUT2D eigenvalue weighted by atomic mass is 14.5. The van der Waals surface area contributed by atoms with Gasteiger partial charge in [-0.15, -0.1) is 0 Å². The van der Waals surface area contributed by atoms with E-state index < -0.39 is 0 Å². The Morgan fingerprint density at radius 2 is 1.76 bits per heavy atom. The Kier molecular flexibility index (Phi) is 4.61. The van der Waals surface area contributed by atoms with E-state index in [0.717, 1.165) is 18.9 Å². The molecular formula is C16H25N. The van der Waals surface area contributed by atoms with E-state index in [1.165, 1.54) is 37.7 Å². The van der Waals surface area contributed by atoms with Gasteiger partial charge in [-0.05, 0) is 48.8 Å². The first-order chi connectivity index (χ1) is 8.35. The monoisotopic (exact) mass is 231 g/mol. The molecule has 0 saturated heterocycles. The SMILES string of the molecule is CCC(CN)c1ccc(C2CCCCC2)cc1. The summed E-state index contributed by atoms with van der Waals surface area (Å²) in [5.41, 5.74) is 8.75. The summed E-state index contributed by atoms with van der Waals surface area (Å²) < 4.78 is 0. The third-order valence-electron chi connectivity index (χ3n) is 4.26. The Labute approximate surface area is 105 Å². The van der Waals surface area contributed by atoms with Crippen molar-refractivity contribution in [3.05, 3.63) is 35.4 Å². The molecule has 1 aliphatic rings. The first kappa shape index (κ1) is 12.6. The van der Waals surface area contributed by atoms with Crippen LogP contribution in [0.25, 0.3) is 0 Å². The van der Waals surface area contributed by atoms with Crippen LogP contribution >= 0.6 is 0 Å². The molecule has 17 heavy (non-hydrogen) atoms. The van der Waals surface area contributed by atoms with Crippen molar-refractivity contribution >= 4 is 0 Å². The van der Waals surface area contributed by atoms with Crippen LogP contribution in [0.2, 0.25) is 0 Å². The first-order valence-corrected chi connectivity index (χ1v) is 7.15. The van der Waals surface area contributed by atoms with Gasteiger partial charge < -0.3 is 5.73 Å². The fourth-order valence-electron chi connectivity index (χ4n) is 3.01. The molecule has 0 aliphatic heterocycles. The van der Waals surface area contributed by atoms with Crippen LogP contribution in [0.4, 0.5) is 0 Å². The van der Waals surface area contributed by atoms with Crippen molar-refractivity contribution in [3.8, 4) is 0 Å². The second-order valence-corrected chi connectivity index (χ2v) is 5.34. The number of hydrogen-bond donors (Lipinski definition) is 1. The first-order valence-electron chi connectivity index (χ1n) is 7.15. The second-order valence-electron chi connectivity index (χ2n) is 5.34. The van der Waals surface area contributed by atoms with Crippen LogP contribution in [-0.2, 0) is 0 Å². The molecule has 1 atom stereocenters. The summed E-state index contributed by atoms with van der Waals surface area (Å²) >= 11 is 0. The van der Waals surface area contributed by atoms with Crippen LogP contribution in [0.15, 0.2) is 24.3 Å². The minimum Gasteiger partial charge on any atom is -0.330 e. The van der Waals surface area contributed by atoms with Crippen molar-refractivity contribution in [1.82, 2.24) is 0 Å². The van der Waals surface area contributed by atoms with Crippen LogP contribution in [0.5, 0.6) is 0 Å². The molecule has 0 aromatic heterocycles. The molecular weight excluding hydrogens is 206 g/mol. The number of hydrogen-bond acceptors (Lipinski definition) is 1. The number of nitrogens with two attached hydrogens (primary N) is 1. The molecule has 1 nitrogen and oxygen atoms in total. The zero-order chi connectivity index (χ0) is 12.1. The number of rotatable bonds is 4. The molecule has 1 aliphatic carbocycles. The minimum absolute atomic E-state index is 0.537. The summed E-state index contributed by atoms with van der Waals surface area (Å²) in [7, 11) is 0. The average Bonchev–Trinajstić information content (AvgIpc) is 2.42. The van der Waals surface area contributed by atoms with E-state index in [1.807, 2.05) is 0 Å². The lowest BCUT2D eigenvalue weighted by Crippen LogP contribution is -2.11. The summed E-state index contributed by atoms with van der Waals surface area (Å²) in [6.07, 6.45) is 8.15. The van der Waals surface area contributed by atoms with Gasteiger partial charge in [-0.1, -0.05) is 50.5 Å². The van der Waals surface area contributed by atoms with Gasteiger partial charge in [-0.3, -0.25) is 0 Å². The zero-order valence-corrected chi connectivity index (χ0v) is 11.0. The van der Waals surface area contributed by atoms with Crippen LogP contribution in [0, 0.1) is 0 Å². The molecule has 1 saturated carbocycles. The lowest BCUT2D eigenvalue weighted by Gasteiger charge is -2.22. The van der Waals surface area contributed by atoms with E-state index in [4.69, 9.17) is 5.73 Å². The normalized spacial score (nSPS) is 19.2. The molecule has 94 valence electrons. The fraction of sp³-hybridized carbons (Fsp3) is 0.625. The molecule has 1 unspecified atom stereocenters. The predicted molar refractivity (Wildman–Crippen MR) is 74.4 cm³/mol. The van der Waals surface area contributed by atoms with Gasteiger partial charge in [0.05, 0.1) is 0 Å². The molecule has 2 N–H and O–H groups in total. The van der Waals surface area contributed by atoms with E-state index in [0.29, 0.717) is 5.92 Å². The van der Waals surface area contributed by atoms with Crippen molar-refractivity contribution in [2.24, 2.45) is 5.73 Å². The Bertz CT molecular complexity index is 318. The van der Waals surface area contributed by atoms with Crippen LogP contribution in [0.1, 0.15) is 68.4 Å². The maximum Gasteiger partial charge on any atom is -0.000834 e. The molecule has 0 bridgehead atoms. The molecule has 0 radical (unpaired) electrons. The summed E-state index contributed by atoms with van der Waals surface area (Å²) in [5, 5.41) is 0. The third-order valence-corrected chi connectivity index (χ3v) is 4.26. The summed E-state index contributed by atoms with van der Waals surface area (Å²) in [6.45, 7) is 2.98. The van der Waals surface area contributed by atoms with Crippen molar-refractivity contribution in [1.29, 1.82) is 0 Å². The molecule has 1 heteroatoms. The van der Waals surface area contributed by atoms with Crippen molar-refractivity contribution in [2.75, 3.05) is 6.54 Å². The van der Waals surface area contributed by atoms with Gasteiger partial charge in [0.1, 0.15) is 0 Å². The van der Waals surface area contributed by atoms with E-state index in [9.17, 15) is 0 Å². The molecule has 2 rings (SSSR count). The van der Waals surface area contributed by atoms with Gasteiger partial charge in [-0.25, -0.2) is 0 Å². The summed E-state index contributed by atoms with van der Waals surface area (Å²) in [6, 6.07) is 9.27. The number of benzene rings is 1. The molecule has 1 fully saturated rings. The smallest absolute Gasteiger partial charge is 0.000834 e. The van der Waals surface area contributed by atoms with Gasteiger partial charge in [0.15, 0.2) is 0 Å². The highest BCUT2D eigenvalue weighted by Crippen LogP contribution is 2.33.